The van der Waals surface area contributed by atoms with Crippen LogP contribution in [-0.4, -0.2) is 21.3 Å². The molecule has 1 atom stereocenters. The van der Waals surface area contributed by atoms with Gasteiger partial charge >= 0.3 is 0 Å². The fourth-order valence-corrected chi connectivity index (χ4v) is 2.38. The molecule has 2 N–H and O–H groups in total. The van der Waals surface area contributed by atoms with Gasteiger partial charge in [0.05, 0.1) is 23.0 Å². The quantitative estimate of drug-likeness (QED) is 0.841. The normalized spacial score (nSPS) is 13.1. The molecule has 15 heavy (non-hydrogen) atoms. The predicted octanol–water partition coefficient (Wildman–Crippen LogP) is 2.70. The molecule has 0 radical (unpaired) electrons. The smallest absolute Gasteiger partial charge is 0.0834 e. The molecule has 1 heterocycles. The molecule has 1 unspecified atom stereocenters. The molecule has 0 bridgehead atoms. The van der Waals surface area contributed by atoms with Crippen LogP contribution < -0.4 is 5.73 Å². The summed E-state index contributed by atoms with van der Waals surface area (Å²) < 4.78 is 1.92. The molecule has 0 amide bonds. The van der Waals surface area contributed by atoms with E-state index in [0.29, 0.717) is 5.02 Å². The minimum absolute atomic E-state index is 0.0171. The van der Waals surface area contributed by atoms with E-state index in [9.17, 15) is 0 Å². The van der Waals surface area contributed by atoms with Crippen molar-refractivity contribution in [2.75, 3.05) is 11.5 Å². The molecule has 0 fully saturated rings. The predicted molar refractivity (Wildman–Crippen MR) is 67.5 cm³/mol. The zero-order valence-electron chi connectivity index (χ0n) is 9.24. The van der Waals surface area contributed by atoms with Gasteiger partial charge < -0.3 is 5.73 Å². The van der Waals surface area contributed by atoms with E-state index in [1.165, 1.54) is 0 Å². The highest BCUT2D eigenvalue weighted by Gasteiger charge is 2.16. The van der Waals surface area contributed by atoms with E-state index in [-0.39, 0.29) is 6.04 Å². The Morgan fingerprint density at radius 2 is 2.33 bits per heavy atom. The van der Waals surface area contributed by atoms with Gasteiger partial charge in [0.25, 0.3) is 0 Å². The van der Waals surface area contributed by atoms with Gasteiger partial charge in [-0.3, -0.25) is 4.68 Å². The summed E-state index contributed by atoms with van der Waals surface area (Å²) in [5, 5.41) is 4.92. The van der Waals surface area contributed by atoms with Crippen LogP contribution in [0.1, 0.15) is 32.0 Å². The average Bonchev–Trinajstić information content (AvgIpc) is 2.57. The summed E-state index contributed by atoms with van der Waals surface area (Å²) in [5.74, 6) is 1.97. The highest BCUT2D eigenvalue weighted by Crippen LogP contribution is 2.24. The summed E-state index contributed by atoms with van der Waals surface area (Å²) in [7, 11) is 0. The molecule has 0 saturated carbocycles. The molecule has 0 aliphatic rings. The lowest BCUT2D eigenvalue weighted by Crippen LogP contribution is -2.19. The van der Waals surface area contributed by atoms with Crippen molar-refractivity contribution >= 4 is 23.4 Å². The van der Waals surface area contributed by atoms with Gasteiger partial charge in [-0.2, -0.15) is 16.9 Å². The second kappa shape index (κ2) is 6.40. The Balaban J connectivity index is 2.75. The molecule has 0 saturated heterocycles. The summed E-state index contributed by atoms with van der Waals surface area (Å²) >= 11 is 7.91. The third-order valence-corrected chi connectivity index (χ3v) is 3.42. The van der Waals surface area contributed by atoms with Gasteiger partial charge in [-0.15, -0.1) is 0 Å². The second-order valence-corrected chi connectivity index (χ2v) is 5.09. The summed E-state index contributed by atoms with van der Waals surface area (Å²) in [6, 6.07) is -0.0171. The lowest BCUT2D eigenvalue weighted by atomic mass is 10.2. The fourth-order valence-electron chi connectivity index (χ4n) is 1.45. The van der Waals surface area contributed by atoms with Crippen molar-refractivity contribution in [2.45, 2.75) is 32.9 Å². The lowest BCUT2D eigenvalue weighted by molar-refractivity contribution is 0.554. The molecule has 0 aliphatic carbocycles. The molecular formula is C10H18ClN3S. The van der Waals surface area contributed by atoms with E-state index < -0.39 is 0 Å². The van der Waals surface area contributed by atoms with Crippen molar-refractivity contribution in [3.05, 3.63) is 16.9 Å². The maximum atomic E-state index is 6.09. The summed E-state index contributed by atoms with van der Waals surface area (Å²) in [6.07, 6.45) is 2.72. The first-order valence-electron chi connectivity index (χ1n) is 5.25. The number of aromatic nitrogens is 2. The number of hydrogen-bond acceptors (Lipinski definition) is 3. The van der Waals surface area contributed by atoms with E-state index in [1.54, 1.807) is 6.20 Å². The van der Waals surface area contributed by atoms with Gasteiger partial charge in [0, 0.05) is 12.3 Å². The Morgan fingerprint density at radius 1 is 1.60 bits per heavy atom. The van der Waals surface area contributed by atoms with Crippen molar-refractivity contribution in [3.8, 4) is 0 Å². The number of thioether (sulfide) groups is 1. The van der Waals surface area contributed by atoms with E-state index in [1.807, 2.05) is 16.4 Å². The molecule has 5 heteroatoms. The average molecular weight is 248 g/mol. The Morgan fingerprint density at radius 3 is 2.93 bits per heavy atom. The zero-order chi connectivity index (χ0) is 11.3. The summed E-state index contributed by atoms with van der Waals surface area (Å²) in [5.41, 5.74) is 7.06. The molecule has 1 rings (SSSR count). The number of halogens is 1. The minimum Gasteiger partial charge on any atom is -0.322 e. The maximum absolute atomic E-state index is 6.09. The third kappa shape index (κ3) is 3.40. The van der Waals surface area contributed by atoms with Crippen LogP contribution in [0, 0.1) is 0 Å². The molecular weight excluding hydrogens is 230 g/mol. The van der Waals surface area contributed by atoms with Gasteiger partial charge in [-0.1, -0.05) is 25.4 Å². The van der Waals surface area contributed by atoms with Crippen molar-refractivity contribution < 1.29 is 0 Å². The molecule has 3 nitrogen and oxygen atoms in total. The number of hydrogen-bond donors (Lipinski definition) is 1. The topological polar surface area (TPSA) is 43.8 Å². The zero-order valence-corrected chi connectivity index (χ0v) is 10.8. The Bertz CT molecular complexity index is 301. The summed E-state index contributed by atoms with van der Waals surface area (Å²) in [4.78, 5) is 0. The summed E-state index contributed by atoms with van der Waals surface area (Å²) in [6.45, 7) is 5.13. The number of aryl methyl sites for hydroxylation is 1. The largest absolute Gasteiger partial charge is 0.322 e. The van der Waals surface area contributed by atoms with Crippen molar-refractivity contribution in [2.24, 2.45) is 5.73 Å². The highest BCUT2D eigenvalue weighted by atomic mass is 35.5. The number of nitrogens with two attached hydrogens (primary N) is 1. The lowest BCUT2D eigenvalue weighted by Gasteiger charge is -2.13. The van der Waals surface area contributed by atoms with Crippen molar-refractivity contribution in [3.63, 3.8) is 0 Å². The number of nitrogens with zero attached hydrogens (tertiary/aromatic N) is 2. The fraction of sp³-hybridized carbons (Fsp3) is 0.700. The Hall–Kier alpha value is -0.190. The van der Waals surface area contributed by atoms with Crippen LogP contribution >= 0.6 is 23.4 Å². The molecule has 0 aliphatic heterocycles. The van der Waals surface area contributed by atoms with Gasteiger partial charge in [0.1, 0.15) is 0 Å². The molecule has 1 aromatic heterocycles. The van der Waals surface area contributed by atoms with Gasteiger partial charge in [0.15, 0.2) is 0 Å². The van der Waals surface area contributed by atoms with Crippen LogP contribution in [0.2, 0.25) is 5.02 Å². The maximum Gasteiger partial charge on any atom is 0.0834 e. The van der Waals surface area contributed by atoms with Crippen LogP contribution in [0.4, 0.5) is 0 Å². The van der Waals surface area contributed by atoms with E-state index in [0.717, 1.165) is 30.2 Å². The monoisotopic (exact) mass is 247 g/mol. The molecule has 0 spiro atoms. The van der Waals surface area contributed by atoms with Gasteiger partial charge in [-0.25, -0.2) is 0 Å². The standard InChI is InChI=1S/C10H18ClN3S/c1-3-5-14-10(8(11)6-13-14)9(12)7-15-4-2/h6,9H,3-5,7,12H2,1-2H3. The Kier molecular flexibility index (Phi) is 5.50. The molecule has 0 aromatic carbocycles. The van der Waals surface area contributed by atoms with Crippen LogP contribution in [0.3, 0.4) is 0 Å². The molecule has 86 valence electrons. The van der Waals surface area contributed by atoms with Crippen LogP contribution in [0.5, 0.6) is 0 Å². The Labute approximate surface area is 100 Å². The van der Waals surface area contributed by atoms with Crippen molar-refractivity contribution in [1.82, 2.24) is 9.78 Å². The number of rotatable bonds is 6. The van der Waals surface area contributed by atoms with Crippen molar-refractivity contribution in [1.29, 1.82) is 0 Å². The van der Waals surface area contributed by atoms with Gasteiger partial charge in [0.2, 0.25) is 0 Å². The van der Waals surface area contributed by atoms with E-state index >= 15 is 0 Å². The van der Waals surface area contributed by atoms with Crippen LogP contribution in [-0.2, 0) is 6.54 Å². The first-order chi connectivity index (χ1) is 7.20. The third-order valence-electron chi connectivity index (χ3n) is 2.12. The second-order valence-electron chi connectivity index (χ2n) is 3.37. The first kappa shape index (κ1) is 12.9. The first-order valence-corrected chi connectivity index (χ1v) is 6.78. The van der Waals surface area contributed by atoms with E-state index in [4.69, 9.17) is 17.3 Å². The van der Waals surface area contributed by atoms with Crippen LogP contribution in [0.25, 0.3) is 0 Å². The molecule has 1 aromatic rings. The highest BCUT2D eigenvalue weighted by molar-refractivity contribution is 7.99. The SMILES string of the molecule is CCCn1ncc(Cl)c1C(N)CSCC. The van der Waals surface area contributed by atoms with Gasteiger partial charge in [-0.05, 0) is 12.2 Å². The minimum atomic E-state index is -0.0171. The van der Waals surface area contributed by atoms with Crippen LogP contribution in [0.15, 0.2) is 6.20 Å². The van der Waals surface area contributed by atoms with E-state index in [2.05, 4.69) is 18.9 Å².